The van der Waals surface area contributed by atoms with Crippen LogP contribution in [-0.2, 0) is 16.0 Å². The monoisotopic (exact) mass is 407 g/mol. The van der Waals surface area contributed by atoms with Crippen LogP contribution in [0.15, 0.2) is 36.4 Å². The Kier molecular flexibility index (Phi) is 9.00. The molecule has 0 heterocycles. The summed E-state index contributed by atoms with van der Waals surface area (Å²) in [6, 6.07) is 11.2. The van der Waals surface area contributed by atoms with Crippen molar-refractivity contribution in [1.82, 2.24) is 0 Å². The van der Waals surface area contributed by atoms with Crippen molar-refractivity contribution < 1.29 is 9.53 Å². The predicted molar refractivity (Wildman–Crippen MR) is 121 cm³/mol. The van der Waals surface area contributed by atoms with Crippen LogP contribution in [0.2, 0.25) is 0 Å². The van der Waals surface area contributed by atoms with E-state index in [-0.39, 0.29) is 18.0 Å². The number of nitriles is 1. The molecule has 0 saturated heterocycles. The van der Waals surface area contributed by atoms with E-state index >= 15 is 0 Å². The highest BCUT2D eigenvalue weighted by Crippen LogP contribution is 2.36. The van der Waals surface area contributed by atoms with Gasteiger partial charge in [-0.05, 0) is 93.6 Å². The fourth-order valence-electron chi connectivity index (χ4n) is 5.17. The fraction of sp³-hybridized carbons (Fsp3) is 0.630. The SMILES string of the molecule is CCCc1ccc(C2CCC(OC(=O)C3CCC(CCC=CC#N)CC3)CC2)cc1. The van der Waals surface area contributed by atoms with Crippen LogP contribution in [0.5, 0.6) is 0 Å². The van der Waals surface area contributed by atoms with Gasteiger partial charge in [0.05, 0.1) is 12.0 Å². The molecule has 3 nitrogen and oxygen atoms in total. The predicted octanol–water partition coefficient (Wildman–Crippen LogP) is 6.87. The van der Waals surface area contributed by atoms with Crippen LogP contribution in [0.3, 0.4) is 0 Å². The standard InChI is InChI=1S/C27H37NO2/c1-2-6-21-8-12-23(13-9-21)24-16-18-26(19-17-24)30-27(29)25-14-10-22(11-15-25)7-4-3-5-20-28/h3,5,8-9,12-13,22,24-26H,2,4,6-7,10-11,14-19H2,1H3. The Morgan fingerprint density at radius 3 is 2.40 bits per heavy atom. The first-order chi connectivity index (χ1) is 14.7. The Morgan fingerprint density at radius 2 is 1.77 bits per heavy atom. The van der Waals surface area contributed by atoms with Crippen molar-refractivity contribution >= 4 is 5.97 Å². The minimum Gasteiger partial charge on any atom is -0.462 e. The van der Waals surface area contributed by atoms with Crippen LogP contribution in [0.4, 0.5) is 0 Å². The first-order valence-corrected chi connectivity index (χ1v) is 12.0. The molecule has 0 radical (unpaired) electrons. The van der Waals surface area contributed by atoms with Crippen LogP contribution < -0.4 is 0 Å². The van der Waals surface area contributed by atoms with Crippen LogP contribution in [0.1, 0.15) is 94.6 Å². The van der Waals surface area contributed by atoms with Crippen LogP contribution >= 0.6 is 0 Å². The van der Waals surface area contributed by atoms with E-state index in [1.807, 2.05) is 12.1 Å². The van der Waals surface area contributed by atoms with E-state index in [2.05, 4.69) is 31.2 Å². The third-order valence-electron chi connectivity index (χ3n) is 7.06. The summed E-state index contributed by atoms with van der Waals surface area (Å²) in [5.41, 5.74) is 2.87. The van der Waals surface area contributed by atoms with Gasteiger partial charge < -0.3 is 4.74 Å². The number of aryl methyl sites for hydroxylation is 1. The van der Waals surface area contributed by atoms with Gasteiger partial charge in [-0.15, -0.1) is 0 Å². The van der Waals surface area contributed by atoms with Crippen molar-refractivity contribution in [3.63, 3.8) is 0 Å². The van der Waals surface area contributed by atoms with Crippen molar-refractivity contribution in [2.24, 2.45) is 11.8 Å². The number of benzene rings is 1. The molecule has 30 heavy (non-hydrogen) atoms. The normalized spacial score (nSPS) is 26.9. The summed E-state index contributed by atoms with van der Waals surface area (Å²) in [6.07, 6.45) is 16.5. The number of hydrogen-bond acceptors (Lipinski definition) is 3. The van der Waals surface area contributed by atoms with E-state index in [1.54, 1.807) is 6.08 Å². The second-order valence-corrected chi connectivity index (χ2v) is 9.23. The zero-order valence-electron chi connectivity index (χ0n) is 18.5. The molecule has 0 atom stereocenters. The average molecular weight is 408 g/mol. The lowest BCUT2D eigenvalue weighted by atomic mass is 9.79. The number of hydrogen-bond donors (Lipinski definition) is 0. The van der Waals surface area contributed by atoms with Gasteiger partial charge in [-0.2, -0.15) is 5.26 Å². The number of rotatable bonds is 8. The molecule has 2 fully saturated rings. The van der Waals surface area contributed by atoms with Crippen molar-refractivity contribution in [2.45, 2.75) is 96.0 Å². The molecule has 1 aromatic carbocycles. The third-order valence-corrected chi connectivity index (χ3v) is 7.06. The van der Waals surface area contributed by atoms with Crippen LogP contribution in [-0.4, -0.2) is 12.1 Å². The van der Waals surface area contributed by atoms with Crippen molar-refractivity contribution in [1.29, 1.82) is 5.26 Å². The Bertz CT molecular complexity index is 714. The van der Waals surface area contributed by atoms with Crippen LogP contribution in [0.25, 0.3) is 0 Å². The summed E-state index contributed by atoms with van der Waals surface area (Å²) < 4.78 is 5.93. The van der Waals surface area contributed by atoms with Crippen molar-refractivity contribution in [3.05, 3.63) is 47.5 Å². The summed E-state index contributed by atoms with van der Waals surface area (Å²) in [7, 11) is 0. The molecule has 2 saturated carbocycles. The fourth-order valence-corrected chi connectivity index (χ4v) is 5.17. The Morgan fingerprint density at radius 1 is 1.07 bits per heavy atom. The lowest BCUT2D eigenvalue weighted by Crippen LogP contribution is -2.29. The summed E-state index contributed by atoms with van der Waals surface area (Å²) >= 11 is 0. The van der Waals surface area contributed by atoms with E-state index in [0.717, 1.165) is 70.6 Å². The molecule has 1 aromatic rings. The van der Waals surface area contributed by atoms with Gasteiger partial charge in [0.1, 0.15) is 6.10 Å². The quantitative estimate of drug-likeness (QED) is 0.349. The minimum absolute atomic E-state index is 0.0465. The maximum Gasteiger partial charge on any atom is 0.309 e. The van der Waals surface area contributed by atoms with Crippen LogP contribution in [0, 0.1) is 23.2 Å². The van der Waals surface area contributed by atoms with E-state index in [9.17, 15) is 4.79 Å². The molecule has 0 aromatic heterocycles. The van der Waals surface area contributed by atoms with Gasteiger partial charge >= 0.3 is 5.97 Å². The minimum atomic E-state index is 0.0465. The third kappa shape index (κ3) is 6.73. The highest BCUT2D eigenvalue weighted by molar-refractivity contribution is 5.72. The largest absolute Gasteiger partial charge is 0.462 e. The topological polar surface area (TPSA) is 50.1 Å². The molecule has 0 amide bonds. The van der Waals surface area contributed by atoms with Gasteiger partial charge in [0, 0.05) is 6.08 Å². The molecule has 0 aliphatic heterocycles. The Balaban J connectivity index is 1.36. The average Bonchev–Trinajstić information content (AvgIpc) is 2.78. The highest BCUT2D eigenvalue weighted by Gasteiger charge is 2.30. The zero-order chi connectivity index (χ0) is 21.2. The van der Waals surface area contributed by atoms with Gasteiger partial charge in [0.15, 0.2) is 0 Å². The molecule has 0 N–H and O–H groups in total. The molecule has 3 rings (SSSR count). The Labute approximate surface area is 182 Å². The summed E-state index contributed by atoms with van der Waals surface area (Å²) in [4.78, 5) is 12.7. The molecule has 2 aliphatic rings. The Hall–Kier alpha value is -2.08. The second-order valence-electron chi connectivity index (χ2n) is 9.23. The van der Waals surface area contributed by atoms with Crippen molar-refractivity contribution in [2.75, 3.05) is 0 Å². The van der Waals surface area contributed by atoms with Gasteiger partial charge in [-0.1, -0.05) is 43.7 Å². The first kappa shape index (κ1) is 22.6. The zero-order valence-corrected chi connectivity index (χ0v) is 18.5. The van der Waals surface area contributed by atoms with E-state index < -0.39 is 0 Å². The maximum absolute atomic E-state index is 12.7. The smallest absolute Gasteiger partial charge is 0.309 e. The number of carbonyl (C=O) groups excluding carboxylic acids is 1. The molecular formula is C27H37NO2. The van der Waals surface area contributed by atoms with E-state index in [1.165, 1.54) is 17.5 Å². The maximum atomic E-state index is 12.7. The number of ether oxygens (including phenoxy) is 1. The number of esters is 1. The number of allylic oxidation sites excluding steroid dienone is 2. The summed E-state index contributed by atoms with van der Waals surface area (Å²) in [5, 5.41) is 8.55. The molecule has 3 heteroatoms. The van der Waals surface area contributed by atoms with Gasteiger partial charge in [0.2, 0.25) is 0 Å². The summed E-state index contributed by atoms with van der Waals surface area (Å²) in [6.45, 7) is 2.22. The first-order valence-electron chi connectivity index (χ1n) is 12.0. The number of nitrogens with zero attached hydrogens (tertiary/aromatic N) is 1. The van der Waals surface area contributed by atoms with E-state index in [0.29, 0.717) is 11.8 Å². The lowest BCUT2D eigenvalue weighted by molar-refractivity contribution is -0.157. The number of carbonyl (C=O) groups is 1. The van der Waals surface area contributed by atoms with Gasteiger partial charge in [-0.3, -0.25) is 4.79 Å². The van der Waals surface area contributed by atoms with E-state index in [4.69, 9.17) is 10.00 Å². The molecule has 2 aliphatic carbocycles. The second kappa shape index (κ2) is 11.9. The highest BCUT2D eigenvalue weighted by atomic mass is 16.5. The van der Waals surface area contributed by atoms with Crippen molar-refractivity contribution in [3.8, 4) is 6.07 Å². The lowest BCUT2D eigenvalue weighted by Gasteiger charge is -2.31. The molecule has 0 spiro atoms. The molecule has 0 unspecified atom stereocenters. The summed E-state index contributed by atoms with van der Waals surface area (Å²) in [5.74, 6) is 1.45. The molecule has 0 bridgehead atoms. The molecule has 162 valence electrons. The van der Waals surface area contributed by atoms with Gasteiger partial charge in [0.25, 0.3) is 0 Å². The molecular weight excluding hydrogens is 370 g/mol. The van der Waals surface area contributed by atoms with Gasteiger partial charge in [-0.25, -0.2) is 0 Å².